The molecular formula is C23H21N5O. The van der Waals surface area contributed by atoms with E-state index in [-0.39, 0.29) is 17.8 Å². The van der Waals surface area contributed by atoms with Gasteiger partial charge in [0.2, 0.25) is 5.82 Å². The Kier molecular flexibility index (Phi) is 5.16. The fraction of sp³-hybridized carbons (Fsp3) is 0.130. The van der Waals surface area contributed by atoms with Crippen molar-refractivity contribution >= 4 is 16.9 Å². The van der Waals surface area contributed by atoms with Gasteiger partial charge in [0, 0.05) is 41.3 Å². The standard InChI is InChI=1S/C23H21N5O/c1-3-7-16-10-19-20(14-27-21(19)24-11-16)18-12-25-22(26-13-18)23(29)28-15(2)17-8-5-4-6-9-17/h3-6,8-15H,1,7H2,2H3,(H,24,27)(H,28,29). The van der Waals surface area contributed by atoms with Gasteiger partial charge >= 0.3 is 0 Å². The predicted molar refractivity (Wildman–Crippen MR) is 113 cm³/mol. The molecule has 6 nitrogen and oxygen atoms in total. The molecule has 4 rings (SSSR count). The van der Waals surface area contributed by atoms with E-state index in [0.717, 1.165) is 39.7 Å². The van der Waals surface area contributed by atoms with Gasteiger partial charge in [-0.3, -0.25) is 4.79 Å². The summed E-state index contributed by atoms with van der Waals surface area (Å²) >= 11 is 0. The normalized spacial score (nSPS) is 11.9. The second-order valence-electron chi connectivity index (χ2n) is 6.84. The average Bonchev–Trinajstić information content (AvgIpc) is 3.18. The zero-order valence-electron chi connectivity index (χ0n) is 16.1. The van der Waals surface area contributed by atoms with Crippen molar-refractivity contribution in [2.45, 2.75) is 19.4 Å². The van der Waals surface area contributed by atoms with Gasteiger partial charge in [0.15, 0.2) is 0 Å². The number of carbonyl (C=O) groups excluding carboxylic acids is 1. The van der Waals surface area contributed by atoms with Crippen LogP contribution in [0.15, 0.2) is 73.8 Å². The molecule has 0 fully saturated rings. The maximum absolute atomic E-state index is 12.5. The van der Waals surface area contributed by atoms with Crippen molar-refractivity contribution in [3.8, 4) is 11.1 Å². The number of hydrogen-bond acceptors (Lipinski definition) is 4. The summed E-state index contributed by atoms with van der Waals surface area (Å²) in [6.07, 6.45) is 9.65. The molecule has 0 saturated heterocycles. The van der Waals surface area contributed by atoms with Gasteiger partial charge in [0.05, 0.1) is 6.04 Å². The Morgan fingerprint density at radius 3 is 2.66 bits per heavy atom. The minimum absolute atomic E-state index is 0.130. The first-order valence-corrected chi connectivity index (χ1v) is 9.41. The van der Waals surface area contributed by atoms with Crippen molar-refractivity contribution in [1.29, 1.82) is 0 Å². The number of aromatic nitrogens is 4. The first-order chi connectivity index (χ1) is 14.2. The molecule has 0 aliphatic heterocycles. The molecule has 0 aliphatic carbocycles. The van der Waals surface area contributed by atoms with Crippen molar-refractivity contribution < 1.29 is 4.79 Å². The third-order valence-electron chi connectivity index (χ3n) is 4.78. The topological polar surface area (TPSA) is 83.6 Å². The smallest absolute Gasteiger partial charge is 0.289 e. The Morgan fingerprint density at radius 2 is 1.93 bits per heavy atom. The number of hydrogen-bond donors (Lipinski definition) is 2. The Morgan fingerprint density at radius 1 is 1.17 bits per heavy atom. The number of H-pyrrole nitrogens is 1. The molecule has 3 heterocycles. The summed E-state index contributed by atoms with van der Waals surface area (Å²) in [4.78, 5) is 28.7. The van der Waals surface area contributed by atoms with Gasteiger partial charge in [-0.05, 0) is 30.5 Å². The highest BCUT2D eigenvalue weighted by molar-refractivity contribution is 5.94. The summed E-state index contributed by atoms with van der Waals surface area (Å²) in [5.41, 5.74) is 4.68. The predicted octanol–water partition coefficient (Wildman–Crippen LogP) is 4.24. The Balaban J connectivity index is 1.55. The number of allylic oxidation sites excluding steroid dienone is 1. The number of nitrogens with zero attached hydrogens (tertiary/aromatic N) is 3. The van der Waals surface area contributed by atoms with Crippen LogP contribution in [0.2, 0.25) is 0 Å². The lowest BCUT2D eigenvalue weighted by atomic mass is 10.1. The molecule has 1 unspecified atom stereocenters. The molecule has 2 N–H and O–H groups in total. The molecule has 0 bridgehead atoms. The second kappa shape index (κ2) is 8.06. The van der Waals surface area contributed by atoms with Crippen LogP contribution in [0, 0.1) is 0 Å². The highest BCUT2D eigenvalue weighted by Gasteiger charge is 2.15. The van der Waals surface area contributed by atoms with Crippen molar-refractivity contribution in [2.24, 2.45) is 0 Å². The van der Waals surface area contributed by atoms with Crippen LogP contribution in [0.3, 0.4) is 0 Å². The molecule has 4 aromatic rings. The summed E-state index contributed by atoms with van der Waals surface area (Å²) in [5, 5.41) is 3.92. The fourth-order valence-corrected chi connectivity index (χ4v) is 3.23. The van der Waals surface area contributed by atoms with E-state index in [0.29, 0.717) is 0 Å². The fourth-order valence-electron chi connectivity index (χ4n) is 3.23. The number of fused-ring (bicyclic) bond motifs is 1. The summed E-state index contributed by atoms with van der Waals surface area (Å²) in [7, 11) is 0. The number of pyridine rings is 1. The summed E-state index contributed by atoms with van der Waals surface area (Å²) in [6, 6.07) is 11.7. The van der Waals surface area contributed by atoms with E-state index >= 15 is 0 Å². The Bertz CT molecular complexity index is 1150. The summed E-state index contributed by atoms with van der Waals surface area (Å²) in [5.74, 6) is -0.163. The molecule has 144 valence electrons. The average molecular weight is 383 g/mol. The van der Waals surface area contributed by atoms with E-state index in [1.807, 2.05) is 55.7 Å². The molecule has 0 aliphatic rings. The van der Waals surface area contributed by atoms with Crippen LogP contribution in [0.5, 0.6) is 0 Å². The minimum atomic E-state index is -0.304. The highest BCUT2D eigenvalue weighted by atomic mass is 16.2. The van der Waals surface area contributed by atoms with Crippen LogP contribution in [-0.2, 0) is 6.42 Å². The van der Waals surface area contributed by atoms with Crippen LogP contribution in [0.4, 0.5) is 0 Å². The van der Waals surface area contributed by atoms with Crippen LogP contribution in [0.1, 0.15) is 34.7 Å². The highest BCUT2D eigenvalue weighted by Crippen LogP contribution is 2.27. The van der Waals surface area contributed by atoms with Crippen molar-refractivity contribution in [3.63, 3.8) is 0 Å². The monoisotopic (exact) mass is 383 g/mol. The third kappa shape index (κ3) is 3.91. The minimum Gasteiger partial charge on any atom is -0.346 e. The number of rotatable bonds is 6. The number of benzene rings is 1. The zero-order valence-corrected chi connectivity index (χ0v) is 16.1. The largest absolute Gasteiger partial charge is 0.346 e. The number of carbonyl (C=O) groups is 1. The van der Waals surface area contributed by atoms with E-state index in [2.05, 4.69) is 37.9 Å². The van der Waals surface area contributed by atoms with Gasteiger partial charge in [-0.25, -0.2) is 15.0 Å². The lowest BCUT2D eigenvalue weighted by Gasteiger charge is -2.13. The zero-order chi connectivity index (χ0) is 20.2. The van der Waals surface area contributed by atoms with Gasteiger partial charge in [0.1, 0.15) is 5.65 Å². The molecule has 1 amide bonds. The van der Waals surface area contributed by atoms with Crippen LogP contribution >= 0.6 is 0 Å². The molecule has 0 saturated carbocycles. The molecule has 3 aromatic heterocycles. The first-order valence-electron chi connectivity index (χ1n) is 9.41. The molecule has 0 spiro atoms. The molecule has 1 atom stereocenters. The third-order valence-corrected chi connectivity index (χ3v) is 4.78. The van der Waals surface area contributed by atoms with Gasteiger partial charge in [-0.2, -0.15) is 0 Å². The van der Waals surface area contributed by atoms with Crippen molar-refractivity contribution in [3.05, 3.63) is 90.8 Å². The van der Waals surface area contributed by atoms with E-state index in [9.17, 15) is 4.79 Å². The van der Waals surface area contributed by atoms with Crippen LogP contribution in [0.25, 0.3) is 22.2 Å². The van der Waals surface area contributed by atoms with Crippen molar-refractivity contribution in [1.82, 2.24) is 25.3 Å². The Labute approximate surface area is 168 Å². The maximum Gasteiger partial charge on any atom is 0.289 e. The van der Waals surface area contributed by atoms with E-state index in [1.165, 1.54) is 0 Å². The molecule has 6 heteroatoms. The first kappa shape index (κ1) is 18.6. The number of nitrogens with one attached hydrogen (secondary N) is 2. The SMILES string of the molecule is C=CCc1cnc2[nH]cc(-c3cnc(C(=O)NC(C)c4ccccc4)nc3)c2c1. The number of aromatic amines is 1. The summed E-state index contributed by atoms with van der Waals surface area (Å²) < 4.78 is 0. The van der Waals surface area contributed by atoms with E-state index < -0.39 is 0 Å². The van der Waals surface area contributed by atoms with Gasteiger partial charge in [0.25, 0.3) is 5.91 Å². The van der Waals surface area contributed by atoms with Crippen LogP contribution in [-0.4, -0.2) is 25.8 Å². The Hall–Kier alpha value is -3.80. The number of amides is 1. The van der Waals surface area contributed by atoms with E-state index in [1.54, 1.807) is 12.4 Å². The second-order valence-corrected chi connectivity index (χ2v) is 6.84. The molecule has 0 radical (unpaired) electrons. The summed E-state index contributed by atoms with van der Waals surface area (Å²) in [6.45, 7) is 5.71. The van der Waals surface area contributed by atoms with Crippen molar-refractivity contribution in [2.75, 3.05) is 0 Å². The lowest BCUT2D eigenvalue weighted by molar-refractivity contribution is 0.0929. The molecule has 29 heavy (non-hydrogen) atoms. The van der Waals surface area contributed by atoms with E-state index in [4.69, 9.17) is 0 Å². The lowest BCUT2D eigenvalue weighted by Crippen LogP contribution is -2.28. The van der Waals surface area contributed by atoms with Gasteiger partial charge in [-0.1, -0.05) is 36.4 Å². The molecule has 1 aromatic carbocycles. The molecular weight excluding hydrogens is 362 g/mol. The van der Waals surface area contributed by atoms with Crippen LogP contribution < -0.4 is 5.32 Å². The van der Waals surface area contributed by atoms with Gasteiger partial charge < -0.3 is 10.3 Å². The maximum atomic E-state index is 12.5. The quantitative estimate of drug-likeness (QED) is 0.488. The van der Waals surface area contributed by atoms with Gasteiger partial charge in [-0.15, -0.1) is 6.58 Å².